The SMILES string of the molecule is COc1cccc2[nH]c(C(=O)N3CC(OC(F)(F)F)CC3(C(C)C)C(C)C)cc12. The zero-order chi connectivity index (χ0) is 21.6. The summed E-state index contributed by atoms with van der Waals surface area (Å²) in [7, 11) is 1.55. The van der Waals surface area contributed by atoms with E-state index in [9.17, 15) is 18.0 Å². The van der Waals surface area contributed by atoms with Crippen molar-refractivity contribution in [3.05, 3.63) is 30.0 Å². The van der Waals surface area contributed by atoms with E-state index in [4.69, 9.17) is 4.74 Å². The summed E-state index contributed by atoms with van der Waals surface area (Å²) in [4.78, 5) is 18.1. The third kappa shape index (κ3) is 3.82. The second-order valence-corrected chi connectivity index (χ2v) is 8.21. The van der Waals surface area contributed by atoms with Crippen LogP contribution in [0.1, 0.15) is 44.6 Å². The highest BCUT2D eigenvalue weighted by Crippen LogP contribution is 2.45. The first-order chi connectivity index (χ1) is 13.5. The largest absolute Gasteiger partial charge is 0.522 e. The fourth-order valence-corrected chi connectivity index (χ4v) is 4.78. The number of H-pyrrole nitrogens is 1. The summed E-state index contributed by atoms with van der Waals surface area (Å²) in [6.45, 7) is 7.63. The van der Waals surface area contributed by atoms with Gasteiger partial charge in [0.15, 0.2) is 0 Å². The van der Waals surface area contributed by atoms with Crippen LogP contribution in [0.25, 0.3) is 10.9 Å². The monoisotopic (exact) mass is 412 g/mol. The zero-order valence-corrected chi connectivity index (χ0v) is 17.3. The number of hydrogen-bond donors (Lipinski definition) is 1. The van der Waals surface area contributed by atoms with Crippen molar-refractivity contribution in [1.82, 2.24) is 9.88 Å². The number of alkyl halides is 3. The van der Waals surface area contributed by atoms with Crippen molar-refractivity contribution in [3.63, 3.8) is 0 Å². The summed E-state index contributed by atoms with van der Waals surface area (Å²) < 4.78 is 48.4. The summed E-state index contributed by atoms with van der Waals surface area (Å²) in [6, 6.07) is 7.12. The molecule has 1 unspecified atom stereocenters. The van der Waals surface area contributed by atoms with Gasteiger partial charge in [-0.15, -0.1) is 13.2 Å². The van der Waals surface area contributed by atoms with E-state index in [1.807, 2.05) is 39.8 Å². The molecule has 5 nitrogen and oxygen atoms in total. The van der Waals surface area contributed by atoms with Crippen molar-refractivity contribution in [2.45, 2.75) is 52.1 Å². The number of aromatic amines is 1. The van der Waals surface area contributed by atoms with Gasteiger partial charge in [0.1, 0.15) is 11.4 Å². The number of aromatic nitrogens is 1. The van der Waals surface area contributed by atoms with Crippen LogP contribution in [0.2, 0.25) is 0 Å². The number of benzene rings is 1. The van der Waals surface area contributed by atoms with E-state index in [2.05, 4.69) is 9.72 Å². The Bertz CT molecular complexity index is 881. The molecule has 0 bridgehead atoms. The number of nitrogens with one attached hydrogen (secondary N) is 1. The Morgan fingerprint density at radius 1 is 1.24 bits per heavy atom. The Balaban J connectivity index is 2.02. The molecule has 0 aliphatic carbocycles. The van der Waals surface area contributed by atoms with Gasteiger partial charge in [-0.1, -0.05) is 33.8 Å². The fourth-order valence-electron chi connectivity index (χ4n) is 4.78. The first kappa shape index (κ1) is 21.5. The quantitative estimate of drug-likeness (QED) is 0.754. The standard InChI is InChI=1S/C21H27F3N2O3/c1-12(2)20(13(3)4)10-14(29-21(22,23)24)11-26(20)19(27)17-9-15-16(25-17)7-6-8-18(15)28-5/h6-9,12-14,25H,10-11H2,1-5H3. The van der Waals surface area contributed by atoms with E-state index in [1.165, 1.54) is 0 Å². The molecule has 29 heavy (non-hydrogen) atoms. The molecule has 1 aromatic heterocycles. The number of fused-ring (bicyclic) bond motifs is 1. The van der Waals surface area contributed by atoms with Gasteiger partial charge in [-0.2, -0.15) is 0 Å². The smallest absolute Gasteiger partial charge is 0.496 e. The van der Waals surface area contributed by atoms with E-state index < -0.39 is 18.0 Å². The molecule has 160 valence electrons. The van der Waals surface area contributed by atoms with Crippen LogP contribution in [0, 0.1) is 11.8 Å². The van der Waals surface area contributed by atoms with Gasteiger partial charge in [-0.3, -0.25) is 9.53 Å². The highest BCUT2D eigenvalue weighted by atomic mass is 19.4. The van der Waals surface area contributed by atoms with Crippen molar-refractivity contribution in [2.24, 2.45) is 11.8 Å². The van der Waals surface area contributed by atoms with Crippen LogP contribution in [-0.2, 0) is 4.74 Å². The molecule has 0 saturated carbocycles. The van der Waals surface area contributed by atoms with Crippen LogP contribution in [0.4, 0.5) is 13.2 Å². The van der Waals surface area contributed by atoms with Gasteiger partial charge in [0, 0.05) is 17.4 Å². The van der Waals surface area contributed by atoms with Crippen LogP contribution in [0.3, 0.4) is 0 Å². The first-order valence-electron chi connectivity index (χ1n) is 9.71. The molecule has 1 aromatic carbocycles. The number of carbonyl (C=O) groups is 1. The number of halogens is 3. The minimum atomic E-state index is -4.74. The molecule has 1 fully saturated rings. The summed E-state index contributed by atoms with van der Waals surface area (Å²) in [5.41, 5.74) is 0.312. The Labute approximate surface area is 168 Å². The average Bonchev–Trinajstić information content (AvgIpc) is 3.21. The number of hydrogen-bond acceptors (Lipinski definition) is 3. The molecule has 3 rings (SSSR count). The molecule has 1 aliphatic heterocycles. The van der Waals surface area contributed by atoms with Crippen LogP contribution in [-0.4, -0.2) is 47.5 Å². The highest BCUT2D eigenvalue weighted by Gasteiger charge is 2.54. The van der Waals surface area contributed by atoms with E-state index in [0.29, 0.717) is 11.4 Å². The molecule has 1 atom stereocenters. The number of rotatable bonds is 5. The molecule has 2 heterocycles. The van der Waals surface area contributed by atoms with Gasteiger partial charge in [0.05, 0.1) is 18.8 Å². The maximum absolute atomic E-state index is 13.5. The van der Waals surface area contributed by atoms with Crippen molar-refractivity contribution in [3.8, 4) is 5.75 Å². The normalized spacial score (nSPS) is 19.5. The van der Waals surface area contributed by atoms with Gasteiger partial charge in [0.2, 0.25) is 0 Å². The predicted octanol–water partition coefficient (Wildman–Crippen LogP) is 4.98. The van der Waals surface area contributed by atoms with E-state index in [1.54, 1.807) is 24.1 Å². The Kier molecular flexibility index (Phi) is 5.60. The highest BCUT2D eigenvalue weighted by molar-refractivity contribution is 6.00. The van der Waals surface area contributed by atoms with Crippen molar-refractivity contribution in [2.75, 3.05) is 13.7 Å². The minimum absolute atomic E-state index is 0.0489. The molecule has 1 aliphatic rings. The van der Waals surface area contributed by atoms with E-state index >= 15 is 0 Å². The van der Waals surface area contributed by atoms with Gasteiger partial charge in [-0.05, 0) is 36.5 Å². The summed E-state index contributed by atoms with van der Waals surface area (Å²) in [6.07, 6.45) is -5.70. The molecule has 0 spiro atoms. The van der Waals surface area contributed by atoms with Crippen LogP contribution < -0.4 is 4.74 Å². The zero-order valence-electron chi connectivity index (χ0n) is 17.3. The van der Waals surface area contributed by atoms with E-state index in [-0.39, 0.29) is 30.7 Å². The molecule has 8 heteroatoms. The number of likely N-dealkylation sites (tertiary alicyclic amines) is 1. The molecule has 1 N–H and O–H groups in total. The lowest BCUT2D eigenvalue weighted by Crippen LogP contribution is -2.54. The second-order valence-electron chi connectivity index (χ2n) is 8.21. The minimum Gasteiger partial charge on any atom is -0.496 e. The number of nitrogens with zero attached hydrogens (tertiary/aromatic N) is 1. The number of ether oxygens (including phenoxy) is 2. The molecule has 1 amide bonds. The third-order valence-electron chi connectivity index (χ3n) is 6.06. The lowest BCUT2D eigenvalue weighted by molar-refractivity contribution is -0.340. The van der Waals surface area contributed by atoms with Gasteiger partial charge >= 0.3 is 6.36 Å². The lowest BCUT2D eigenvalue weighted by Gasteiger charge is -2.45. The fraction of sp³-hybridized carbons (Fsp3) is 0.571. The van der Waals surface area contributed by atoms with Crippen LogP contribution >= 0.6 is 0 Å². The Morgan fingerprint density at radius 3 is 2.45 bits per heavy atom. The Morgan fingerprint density at radius 2 is 1.90 bits per heavy atom. The lowest BCUT2D eigenvalue weighted by atomic mass is 9.74. The van der Waals surface area contributed by atoms with Gasteiger partial charge in [-0.25, -0.2) is 0 Å². The first-order valence-corrected chi connectivity index (χ1v) is 9.71. The Hall–Kier alpha value is -2.22. The average molecular weight is 412 g/mol. The van der Waals surface area contributed by atoms with Gasteiger partial charge in [0.25, 0.3) is 5.91 Å². The third-order valence-corrected chi connectivity index (χ3v) is 6.06. The molecule has 1 saturated heterocycles. The summed E-state index contributed by atoms with van der Waals surface area (Å²) >= 11 is 0. The predicted molar refractivity (Wildman–Crippen MR) is 104 cm³/mol. The number of amides is 1. The van der Waals surface area contributed by atoms with Crippen LogP contribution in [0.15, 0.2) is 24.3 Å². The van der Waals surface area contributed by atoms with Crippen molar-refractivity contribution >= 4 is 16.8 Å². The molecular formula is C21H27F3N2O3. The molecular weight excluding hydrogens is 385 g/mol. The summed E-state index contributed by atoms with van der Waals surface area (Å²) in [5.74, 6) is 0.190. The second kappa shape index (κ2) is 7.55. The maximum Gasteiger partial charge on any atom is 0.522 e. The molecule has 2 aromatic rings. The number of carbonyl (C=O) groups excluding carboxylic acids is 1. The van der Waals surface area contributed by atoms with Crippen LogP contribution in [0.5, 0.6) is 5.75 Å². The molecule has 0 radical (unpaired) electrons. The van der Waals surface area contributed by atoms with Crippen molar-refractivity contribution in [1.29, 1.82) is 0 Å². The van der Waals surface area contributed by atoms with E-state index in [0.717, 1.165) is 10.9 Å². The topological polar surface area (TPSA) is 54.6 Å². The number of methoxy groups -OCH3 is 1. The van der Waals surface area contributed by atoms with Crippen molar-refractivity contribution < 1.29 is 27.4 Å². The van der Waals surface area contributed by atoms with Gasteiger partial charge < -0.3 is 14.6 Å². The summed E-state index contributed by atoms with van der Waals surface area (Å²) in [5, 5.41) is 0.750. The maximum atomic E-state index is 13.5.